The summed E-state index contributed by atoms with van der Waals surface area (Å²) in [6.07, 6.45) is 5.94. The molecule has 2 rings (SSSR count). The highest BCUT2D eigenvalue weighted by Crippen LogP contribution is 2.33. The van der Waals surface area contributed by atoms with E-state index in [0.717, 1.165) is 25.7 Å². The fourth-order valence-electron chi connectivity index (χ4n) is 2.33. The van der Waals surface area contributed by atoms with E-state index in [0.29, 0.717) is 18.7 Å². The smallest absolute Gasteiger partial charge is 0.212 e. The first-order valence-corrected chi connectivity index (χ1v) is 5.07. The topological polar surface area (TPSA) is 41.6 Å². The second-order valence-corrected chi connectivity index (χ2v) is 3.84. The molecule has 1 heterocycles. The summed E-state index contributed by atoms with van der Waals surface area (Å²) in [5.74, 6) is 0. The lowest BCUT2D eigenvalue weighted by Gasteiger charge is -2.38. The molecule has 14 heavy (non-hydrogen) atoms. The number of carbonyl (C=O) groups is 1. The molecule has 1 amide bonds. The predicted molar refractivity (Wildman–Crippen MR) is 52.4 cm³/mol. The van der Waals surface area contributed by atoms with Crippen molar-refractivity contribution in [1.82, 2.24) is 10.2 Å². The van der Waals surface area contributed by atoms with Crippen molar-refractivity contribution in [2.24, 2.45) is 0 Å². The van der Waals surface area contributed by atoms with Gasteiger partial charge in [-0.1, -0.05) is 6.58 Å². The Morgan fingerprint density at radius 1 is 1.57 bits per heavy atom. The molecule has 4 nitrogen and oxygen atoms in total. The van der Waals surface area contributed by atoms with Crippen LogP contribution in [0.5, 0.6) is 0 Å². The highest BCUT2D eigenvalue weighted by Gasteiger charge is 2.39. The van der Waals surface area contributed by atoms with Crippen molar-refractivity contribution in [2.45, 2.75) is 37.6 Å². The fraction of sp³-hybridized carbons (Fsp3) is 0.700. The monoisotopic (exact) mass is 196 g/mol. The summed E-state index contributed by atoms with van der Waals surface area (Å²) >= 11 is 0. The van der Waals surface area contributed by atoms with Crippen molar-refractivity contribution in [3.63, 3.8) is 0 Å². The quantitative estimate of drug-likeness (QED) is 0.664. The molecule has 4 heteroatoms. The van der Waals surface area contributed by atoms with E-state index < -0.39 is 0 Å². The second-order valence-electron chi connectivity index (χ2n) is 3.84. The van der Waals surface area contributed by atoms with E-state index in [2.05, 4.69) is 11.9 Å². The maximum atomic E-state index is 10.9. The zero-order valence-electron chi connectivity index (χ0n) is 8.19. The first-order chi connectivity index (χ1) is 6.85. The van der Waals surface area contributed by atoms with E-state index in [1.165, 1.54) is 0 Å². The molecular formula is C10H16N2O2. The van der Waals surface area contributed by atoms with Gasteiger partial charge in [-0.3, -0.25) is 4.79 Å². The summed E-state index contributed by atoms with van der Waals surface area (Å²) in [5, 5.41) is 2.99. The summed E-state index contributed by atoms with van der Waals surface area (Å²) in [4.78, 5) is 12.7. The van der Waals surface area contributed by atoms with Gasteiger partial charge in [-0.25, -0.2) is 0 Å². The normalized spacial score (nSPS) is 35.4. The molecule has 0 aromatic heterocycles. The Balaban J connectivity index is 2.00. The molecule has 1 aliphatic carbocycles. The van der Waals surface area contributed by atoms with Crippen LogP contribution in [-0.2, 0) is 9.53 Å². The number of hydrogen-bond donors (Lipinski definition) is 1. The van der Waals surface area contributed by atoms with E-state index in [4.69, 9.17) is 4.74 Å². The first kappa shape index (κ1) is 9.52. The van der Waals surface area contributed by atoms with E-state index >= 15 is 0 Å². The van der Waals surface area contributed by atoms with Crippen molar-refractivity contribution < 1.29 is 9.53 Å². The van der Waals surface area contributed by atoms with Crippen LogP contribution in [0, 0.1) is 0 Å². The number of rotatable bonds is 4. The van der Waals surface area contributed by atoms with Gasteiger partial charge in [-0.2, -0.15) is 0 Å². The van der Waals surface area contributed by atoms with Crippen LogP contribution >= 0.6 is 0 Å². The first-order valence-electron chi connectivity index (χ1n) is 5.07. The zero-order chi connectivity index (χ0) is 9.97. The van der Waals surface area contributed by atoms with Gasteiger partial charge < -0.3 is 15.0 Å². The molecular weight excluding hydrogens is 180 g/mol. The highest BCUT2D eigenvalue weighted by atomic mass is 16.5. The van der Waals surface area contributed by atoms with Gasteiger partial charge in [0.15, 0.2) is 0 Å². The standard InChI is InChI=1S/C10H16N2O2/c1-2-11-6-10-12(7-13)8-3-4-9(5-8)14-10/h2,7-11H,1,3-6H2/t8?,9?,10-/m1/s1. The average molecular weight is 196 g/mol. The molecule has 3 atom stereocenters. The maximum Gasteiger partial charge on any atom is 0.212 e. The van der Waals surface area contributed by atoms with Crippen LogP contribution in [0.4, 0.5) is 0 Å². The molecule has 0 aromatic carbocycles. The minimum atomic E-state index is -0.114. The van der Waals surface area contributed by atoms with Gasteiger partial charge in [0.25, 0.3) is 0 Å². The van der Waals surface area contributed by atoms with Crippen molar-refractivity contribution in [1.29, 1.82) is 0 Å². The van der Waals surface area contributed by atoms with Crippen molar-refractivity contribution in [3.05, 3.63) is 12.8 Å². The lowest BCUT2D eigenvalue weighted by molar-refractivity contribution is -0.155. The van der Waals surface area contributed by atoms with Crippen LogP contribution in [0.15, 0.2) is 12.8 Å². The number of carbonyl (C=O) groups excluding carboxylic acids is 1. The molecule has 0 aromatic rings. The molecule has 1 saturated carbocycles. The van der Waals surface area contributed by atoms with Crippen LogP contribution < -0.4 is 5.32 Å². The summed E-state index contributed by atoms with van der Waals surface area (Å²) in [7, 11) is 0. The lowest BCUT2D eigenvalue weighted by Crippen LogP contribution is -2.51. The van der Waals surface area contributed by atoms with E-state index in [1.54, 1.807) is 11.1 Å². The van der Waals surface area contributed by atoms with Gasteiger partial charge in [0.1, 0.15) is 6.23 Å². The second kappa shape index (κ2) is 4.00. The van der Waals surface area contributed by atoms with Gasteiger partial charge in [0.05, 0.1) is 12.6 Å². The van der Waals surface area contributed by atoms with Crippen molar-refractivity contribution in [3.8, 4) is 0 Å². The predicted octanol–water partition coefficient (Wildman–Crippen LogP) is 0.455. The van der Waals surface area contributed by atoms with Gasteiger partial charge in [-0.05, 0) is 25.5 Å². The van der Waals surface area contributed by atoms with E-state index in [1.807, 2.05) is 0 Å². The van der Waals surface area contributed by atoms with Crippen LogP contribution in [0.2, 0.25) is 0 Å². The van der Waals surface area contributed by atoms with Crippen LogP contribution in [-0.4, -0.2) is 36.2 Å². The summed E-state index contributed by atoms with van der Waals surface area (Å²) in [5.41, 5.74) is 0. The highest BCUT2D eigenvalue weighted by molar-refractivity contribution is 5.48. The summed E-state index contributed by atoms with van der Waals surface area (Å²) < 4.78 is 5.77. The number of amides is 1. The lowest BCUT2D eigenvalue weighted by atomic mass is 10.2. The zero-order valence-corrected chi connectivity index (χ0v) is 8.19. The minimum absolute atomic E-state index is 0.114. The third-order valence-electron chi connectivity index (χ3n) is 3.02. The largest absolute Gasteiger partial charge is 0.387 e. The van der Waals surface area contributed by atoms with Gasteiger partial charge >= 0.3 is 0 Å². The molecule has 1 N–H and O–H groups in total. The molecule has 2 bridgehead atoms. The summed E-state index contributed by atoms with van der Waals surface area (Å²) in [6, 6.07) is 0.392. The number of hydrogen-bond acceptors (Lipinski definition) is 3. The van der Waals surface area contributed by atoms with Crippen molar-refractivity contribution >= 4 is 6.41 Å². The molecule has 0 spiro atoms. The Bertz CT molecular complexity index is 232. The maximum absolute atomic E-state index is 10.9. The van der Waals surface area contributed by atoms with Crippen LogP contribution in [0.1, 0.15) is 19.3 Å². The molecule has 2 unspecified atom stereocenters. The van der Waals surface area contributed by atoms with E-state index in [9.17, 15) is 4.79 Å². The number of nitrogens with zero attached hydrogens (tertiary/aromatic N) is 1. The Labute approximate surface area is 83.9 Å². The molecule has 78 valence electrons. The fourth-order valence-corrected chi connectivity index (χ4v) is 2.33. The number of ether oxygens (including phenoxy) is 1. The van der Waals surface area contributed by atoms with Crippen LogP contribution in [0.3, 0.4) is 0 Å². The molecule has 2 aliphatic rings. The Morgan fingerprint density at radius 3 is 3.14 bits per heavy atom. The SMILES string of the molecule is C=CNC[C@H]1OC2CCC(C2)N1C=O. The Kier molecular flexibility index (Phi) is 2.72. The Hall–Kier alpha value is -1.03. The van der Waals surface area contributed by atoms with Gasteiger partial charge in [0.2, 0.25) is 6.41 Å². The van der Waals surface area contributed by atoms with Gasteiger partial charge in [0, 0.05) is 6.04 Å². The molecule has 0 radical (unpaired) electrons. The average Bonchev–Trinajstić information content (AvgIpc) is 2.58. The number of nitrogens with one attached hydrogen (secondary N) is 1. The minimum Gasteiger partial charge on any atom is -0.387 e. The summed E-state index contributed by atoms with van der Waals surface area (Å²) in [6.45, 7) is 4.21. The third kappa shape index (κ3) is 1.62. The van der Waals surface area contributed by atoms with Crippen molar-refractivity contribution in [2.75, 3.05) is 6.54 Å². The number of fused-ring (bicyclic) bond motifs is 2. The molecule has 1 saturated heterocycles. The van der Waals surface area contributed by atoms with E-state index in [-0.39, 0.29) is 6.23 Å². The van der Waals surface area contributed by atoms with Crippen LogP contribution in [0.25, 0.3) is 0 Å². The third-order valence-corrected chi connectivity index (χ3v) is 3.02. The van der Waals surface area contributed by atoms with Gasteiger partial charge in [-0.15, -0.1) is 0 Å². The Morgan fingerprint density at radius 2 is 2.43 bits per heavy atom. The molecule has 1 aliphatic heterocycles. The molecule has 2 fully saturated rings.